The lowest BCUT2D eigenvalue weighted by atomic mass is 10.2. The average Bonchev–Trinajstić information content (AvgIpc) is 2.85. The second-order valence-corrected chi connectivity index (χ2v) is 9.71. The van der Waals surface area contributed by atoms with Gasteiger partial charge in [0.2, 0.25) is 5.95 Å². The van der Waals surface area contributed by atoms with Crippen molar-refractivity contribution >= 4 is 39.4 Å². The molecule has 0 bridgehead atoms. The van der Waals surface area contributed by atoms with Crippen LogP contribution in [0.4, 0.5) is 17.6 Å². The number of aromatic nitrogens is 4. The van der Waals surface area contributed by atoms with Gasteiger partial charge in [0.15, 0.2) is 11.6 Å². The van der Waals surface area contributed by atoms with E-state index in [1.54, 1.807) is 6.33 Å². The van der Waals surface area contributed by atoms with E-state index in [0.717, 1.165) is 31.0 Å². The van der Waals surface area contributed by atoms with Crippen LogP contribution in [-0.2, 0) is 17.3 Å². The predicted octanol–water partition coefficient (Wildman–Crippen LogP) is 2.20. The summed E-state index contributed by atoms with van der Waals surface area (Å²) in [5.41, 5.74) is 2.57. The summed E-state index contributed by atoms with van der Waals surface area (Å²) in [6.07, 6.45) is 3.68. The molecule has 0 atom stereocenters. The molecule has 33 heavy (non-hydrogen) atoms. The fraction of sp³-hybridized carbons (Fsp3) is 0.478. The molecule has 1 aromatic carbocycles. The fourth-order valence-corrected chi connectivity index (χ4v) is 4.93. The molecular weight excluding hydrogens is 438 g/mol. The van der Waals surface area contributed by atoms with Gasteiger partial charge in [-0.05, 0) is 12.0 Å². The second-order valence-electron chi connectivity index (χ2n) is 8.01. The molecule has 10 heteroatoms. The van der Waals surface area contributed by atoms with Crippen molar-refractivity contribution in [3.05, 3.63) is 42.2 Å². The van der Waals surface area contributed by atoms with E-state index in [9.17, 15) is 9.32 Å². The van der Waals surface area contributed by atoms with Gasteiger partial charge in [0.1, 0.15) is 17.4 Å². The number of nitrogens with one attached hydrogen (secondary N) is 1. The van der Waals surface area contributed by atoms with E-state index in [1.807, 2.05) is 18.2 Å². The van der Waals surface area contributed by atoms with Crippen LogP contribution < -0.4 is 15.1 Å². The van der Waals surface area contributed by atoms with Crippen LogP contribution in [0.3, 0.4) is 0 Å². The van der Waals surface area contributed by atoms with Crippen LogP contribution in [0, 0.1) is 0 Å². The Kier molecular flexibility index (Phi) is 8.01. The molecule has 0 spiro atoms. The Morgan fingerprint density at radius 1 is 1.12 bits per heavy atom. The predicted molar refractivity (Wildman–Crippen MR) is 133 cm³/mol. The zero-order valence-corrected chi connectivity index (χ0v) is 19.8. The maximum Gasteiger partial charge on any atom is 0.225 e. The summed E-state index contributed by atoms with van der Waals surface area (Å²) < 4.78 is 11.9. The van der Waals surface area contributed by atoms with Crippen molar-refractivity contribution in [2.24, 2.45) is 0 Å². The molecule has 1 aliphatic rings. The first kappa shape index (κ1) is 23.3. The molecule has 1 aliphatic heterocycles. The van der Waals surface area contributed by atoms with Gasteiger partial charge < -0.3 is 20.2 Å². The lowest BCUT2D eigenvalue weighted by molar-refractivity contribution is 0.311. The molecule has 0 saturated carbocycles. The van der Waals surface area contributed by atoms with Crippen molar-refractivity contribution < 1.29 is 9.32 Å². The highest BCUT2D eigenvalue weighted by atomic mass is 32.2. The van der Waals surface area contributed by atoms with Gasteiger partial charge in [0.05, 0.1) is 6.61 Å². The number of aliphatic hydroxyl groups excluding tert-OH is 1. The zero-order chi connectivity index (χ0) is 23.0. The van der Waals surface area contributed by atoms with Gasteiger partial charge in [-0.25, -0.2) is 15.0 Å². The van der Waals surface area contributed by atoms with Gasteiger partial charge in [-0.15, -0.1) is 0 Å². The minimum Gasteiger partial charge on any atom is -0.395 e. The molecule has 0 aliphatic carbocycles. The number of unbranched alkanes of at least 4 members (excludes halogenated alkanes) is 1. The lowest BCUT2D eigenvalue weighted by Gasteiger charge is -2.29. The normalized spacial score (nSPS) is 14.5. The first-order valence-corrected chi connectivity index (χ1v) is 12.9. The lowest BCUT2D eigenvalue weighted by Crippen LogP contribution is -2.38. The molecule has 1 saturated heterocycles. The van der Waals surface area contributed by atoms with Crippen molar-refractivity contribution in [1.29, 1.82) is 0 Å². The number of benzene rings is 1. The molecule has 1 fully saturated rings. The molecule has 2 aromatic heterocycles. The standard InChI is InChI=1S/C23H31N7O2S/c1-2-3-10-30(16-18-7-5-4-6-8-18)21-20-19(25-17-26-21)22(28-23(27-20)24-9-13-31)29-11-14-33(32)15-12-29/h4-8,17,31H,2-3,9-16H2,1H3,(H,24,27,28). The van der Waals surface area contributed by atoms with Crippen molar-refractivity contribution in [2.45, 2.75) is 26.3 Å². The van der Waals surface area contributed by atoms with E-state index < -0.39 is 10.8 Å². The van der Waals surface area contributed by atoms with Crippen molar-refractivity contribution in [1.82, 2.24) is 19.9 Å². The first-order valence-electron chi connectivity index (χ1n) is 11.5. The fourth-order valence-electron chi connectivity index (χ4n) is 3.88. The Labute approximate surface area is 196 Å². The van der Waals surface area contributed by atoms with Gasteiger partial charge in [0.25, 0.3) is 0 Å². The van der Waals surface area contributed by atoms with E-state index in [2.05, 4.69) is 44.1 Å². The Balaban J connectivity index is 1.79. The monoisotopic (exact) mass is 469 g/mol. The molecule has 9 nitrogen and oxygen atoms in total. The summed E-state index contributed by atoms with van der Waals surface area (Å²) in [5.74, 6) is 3.15. The molecule has 0 unspecified atom stereocenters. The molecular formula is C23H31N7O2S. The van der Waals surface area contributed by atoms with E-state index in [-0.39, 0.29) is 6.61 Å². The minimum absolute atomic E-state index is 0.0196. The molecule has 0 amide bonds. The zero-order valence-electron chi connectivity index (χ0n) is 19.0. The maximum absolute atomic E-state index is 11.9. The number of hydrogen-bond acceptors (Lipinski definition) is 9. The van der Waals surface area contributed by atoms with Gasteiger partial charge in [-0.1, -0.05) is 43.7 Å². The van der Waals surface area contributed by atoms with Gasteiger partial charge in [-0.3, -0.25) is 4.21 Å². The first-order chi connectivity index (χ1) is 16.2. The van der Waals surface area contributed by atoms with Crippen molar-refractivity contribution in [3.63, 3.8) is 0 Å². The molecule has 176 valence electrons. The number of anilines is 3. The summed E-state index contributed by atoms with van der Waals surface area (Å²) in [5, 5.41) is 12.4. The third kappa shape index (κ3) is 5.75. The number of hydrogen-bond donors (Lipinski definition) is 2. The minimum atomic E-state index is -0.791. The number of fused-ring (bicyclic) bond motifs is 1. The van der Waals surface area contributed by atoms with Crippen LogP contribution in [0.15, 0.2) is 36.7 Å². The Hall–Kier alpha value is -2.85. The summed E-state index contributed by atoms with van der Waals surface area (Å²) in [6.45, 7) is 5.38. The highest BCUT2D eigenvalue weighted by Crippen LogP contribution is 2.30. The van der Waals surface area contributed by atoms with Crippen LogP contribution in [0.1, 0.15) is 25.3 Å². The summed E-state index contributed by atoms with van der Waals surface area (Å²) in [4.78, 5) is 23.1. The van der Waals surface area contributed by atoms with Crippen LogP contribution in [0.25, 0.3) is 11.0 Å². The third-order valence-corrected chi connectivity index (χ3v) is 6.89. The smallest absolute Gasteiger partial charge is 0.225 e. The van der Waals surface area contributed by atoms with E-state index >= 15 is 0 Å². The number of nitrogens with zero attached hydrogens (tertiary/aromatic N) is 6. The molecule has 0 radical (unpaired) electrons. The number of rotatable bonds is 10. The quantitative estimate of drug-likeness (QED) is 0.462. The summed E-state index contributed by atoms with van der Waals surface area (Å²) in [7, 11) is -0.791. The molecule has 3 heterocycles. The van der Waals surface area contributed by atoms with Crippen LogP contribution in [-0.4, -0.2) is 73.5 Å². The summed E-state index contributed by atoms with van der Waals surface area (Å²) in [6, 6.07) is 10.3. The highest BCUT2D eigenvalue weighted by molar-refractivity contribution is 7.85. The molecule has 3 aromatic rings. The maximum atomic E-state index is 11.9. The van der Waals surface area contributed by atoms with Crippen molar-refractivity contribution in [3.8, 4) is 0 Å². The van der Waals surface area contributed by atoms with Crippen molar-refractivity contribution in [2.75, 3.05) is 59.4 Å². The topological polar surface area (TPSA) is 107 Å². The van der Waals surface area contributed by atoms with Gasteiger partial charge in [0, 0.05) is 55.0 Å². The van der Waals surface area contributed by atoms with Gasteiger partial charge in [-0.2, -0.15) is 4.98 Å². The van der Waals surface area contributed by atoms with Crippen LogP contribution in [0.2, 0.25) is 0 Å². The van der Waals surface area contributed by atoms with Crippen LogP contribution >= 0.6 is 0 Å². The second kappa shape index (κ2) is 11.3. The van der Waals surface area contributed by atoms with Crippen LogP contribution in [0.5, 0.6) is 0 Å². The largest absolute Gasteiger partial charge is 0.395 e. The Bertz CT molecular complexity index is 1070. The SMILES string of the molecule is CCCCN(Cc1ccccc1)c1ncnc2c(N3CCS(=O)CC3)nc(NCCO)nc12. The Morgan fingerprint density at radius 3 is 2.64 bits per heavy atom. The van der Waals surface area contributed by atoms with E-state index in [4.69, 9.17) is 9.97 Å². The average molecular weight is 470 g/mol. The molecule has 2 N–H and O–H groups in total. The molecule has 4 rings (SSSR count). The third-order valence-electron chi connectivity index (χ3n) is 5.61. The summed E-state index contributed by atoms with van der Waals surface area (Å²) >= 11 is 0. The van der Waals surface area contributed by atoms with E-state index in [1.165, 1.54) is 5.56 Å². The Morgan fingerprint density at radius 2 is 1.91 bits per heavy atom. The highest BCUT2D eigenvalue weighted by Gasteiger charge is 2.24. The van der Waals surface area contributed by atoms with Gasteiger partial charge >= 0.3 is 0 Å². The number of aliphatic hydroxyl groups is 1. The van der Waals surface area contributed by atoms with E-state index in [0.29, 0.717) is 54.7 Å².